The fourth-order valence-corrected chi connectivity index (χ4v) is 6.29. The average molecular weight is 574 g/mol. The lowest BCUT2D eigenvalue weighted by Crippen LogP contribution is -2.60. The van der Waals surface area contributed by atoms with Gasteiger partial charge in [-0.05, 0) is 61.6 Å². The molecule has 218 valence electrons. The van der Waals surface area contributed by atoms with Crippen molar-refractivity contribution in [2.24, 2.45) is 0 Å². The van der Waals surface area contributed by atoms with Crippen LogP contribution < -0.4 is 10.2 Å². The van der Waals surface area contributed by atoms with Crippen LogP contribution in [-0.4, -0.2) is 58.7 Å². The molecule has 4 aromatic rings. The Hall–Kier alpha value is -4.31. The molecule has 1 amide bonds. The molecular formula is C32H33F2N5O3. The molecule has 0 saturated carbocycles. The monoisotopic (exact) mass is 573 g/mol. The minimum absolute atomic E-state index is 0.317. The normalized spacial score (nSPS) is 18.7. The zero-order valence-corrected chi connectivity index (χ0v) is 23.4. The summed E-state index contributed by atoms with van der Waals surface area (Å²) in [6.45, 7) is 2.67. The molecule has 6 rings (SSSR count). The summed E-state index contributed by atoms with van der Waals surface area (Å²) in [4.78, 5) is 31.0. The number of hydrogen-bond donors (Lipinski definition) is 1. The Morgan fingerprint density at radius 3 is 2.60 bits per heavy atom. The van der Waals surface area contributed by atoms with Crippen molar-refractivity contribution in [1.82, 2.24) is 19.8 Å². The topological polar surface area (TPSA) is 79.2 Å². The summed E-state index contributed by atoms with van der Waals surface area (Å²) >= 11 is 0. The number of ether oxygens (including phenoxy) is 1. The predicted octanol–water partition coefficient (Wildman–Crippen LogP) is 4.89. The van der Waals surface area contributed by atoms with Gasteiger partial charge >= 0.3 is 5.97 Å². The molecule has 2 aromatic heterocycles. The van der Waals surface area contributed by atoms with Crippen molar-refractivity contribution in [2.45, 2.75) is 43.8 Å². The first kappa shape index (κ1) is 27.8. The van der Waals surface area contributed by atoms with E-state index in [1.807, 2.05) is 35.2 Å². The van der Waals surface area contributed by atoms with Crippen LogP contribution in [0.4, 0.5) is 14.5 Å². The number of pyridine rings is 1. The summed E-state index contributed by atoms with van der Waals surface area (Å²) in [6, 6.07) is 17.0. The largest absolute Gasteiger partial charge is 0.467 e. The Morgan fingerprint density at radius 1 is 1.05 bits per heavy atom. The molecule has 0 unspecified atom stereocenters. The van der Waals surface area contributed by atoms with Crippen molar-refractivity contribution in [3.63, 3.8) is 0 Å². The van der Waals surface area contributed by atoms with E-state index >= 15 is 0 Å². The number of piperidine rings is 1. The zero-order valence-electron chi connectivity index (χ0n) is 23.4. The van der Waals surface area contributed by atoms with Crippen LogP contribution in [-0.2, 0) is 16.1 Å². The Balaban J connectivity index is 1.23. The number of carbonyl (C=O) groups excluding carboxylic acids is 2. The fourth-order valence-electron chi connectivity index (χ4n) is 6.29. The number of anilines is 1. The number of fused-ring (bicyclic) bond motifs is 1. The molecule has 2 aliphatic heterocycles. The number of methoxy groups -OCH3 is 1. The van der Waals surface area contributed by atoms with Gasteiger partial charge in [-0.3, -0.25) is 9.69 Å². The van der Waals surface area contributed by atoms with Gasteiger partial charge in [0.2, 0.25) is 0 Å². The van der Waals surface area contributed by atoms with Crippen LogP contribution in [0.25, 0.3) is 5.52 Å². The van der Waals surface area contributed by atoms with Crippen LogP contribution in [0.15, 0.2) is 73.1 Å². The number of hydrogen-bond acceptors (Lipinski definition) is 6. The number of carbonyl (C=O) groups is 2. The van der Waals surface area contributed by atoms with Crippen LogP contribution in [0, 0.1) is 11.6 Å². The first-order valence-electron chi connectivity index (χ1n) is 14.2. The van der Waals surface area contributed by atoms with E-state index in [4.69, 9.17) is 4.74 Å². The summed E-state index contributed by atoms with van der Waals surface area (Å²) in [6.07, 6.45) is 5.56. The van der Waals surface area contributed by atoms with Gasteiger partial charge < -0.3 is 15.0 Å². The molecule has 1 N–H and O–H groups in total. The number of rotatable bonds is 7. The number of benzene rings is 2. The minimum atomic E-state index is -1.15. The first-order valence-corrected chi connectivity index (χ1v) is 14.2. The van der Waals surface area contributed by atoms with Crippen molar-refractivity contribution in [2.75, 3.05) is 31.6 Å². The minimum Gasteiger partial charge on any atom is -0.467 e. The lowest BCUT2D eigenvalue weighted by atomic mass is 9.86. The van der Waals surface area contributed by atoms with Gasteiger partial charge in [0, 0.05) is 43.6 Å². The molecule has 2 aromatic carbocycles. The fraction of sp³-hybridized carbons (Fsp3) is 0.344. The number of esters is 1. The molecule has 2 fully saturated rings. The van der Waals surface area contributed by atoms with Crippen molar-refractivity contribution < 1.29 is 23.1 Å². The smallest absolute Gasteiger partial charge is 0.331 e. The Kier molecular flexibility index (Phi) is 7.64. The van der Waals surface area contributed by atoms with E-state index in [2.05, 4.69) is 27.4 Å². The summed E-state index contributed by atoms with van der Waals surface area (Å²) < 4.78 is 35.4. The molecule has 0 aliphatic carbocycles. The maximum Gasteiger partial charge on any atom is 0.331 e. The molecule has 1 atom stereocenters. The van der Waals surface area contributed by atoms with Crippen molar-refractivity contribution in [1.29, 1.82) is 0 Å². The molecular weight excluding hydrogens is 540 g/mol. The number of nitrogens with zero attached hydrogens (tertiary/aromatic N) is 4. The second-order valence-corrected chi connectivity index (χ2v) is 11.1. The van der Waals surface area contributed by atoms with E-state index in [9.17, 15) is 18.4 Å². The van der Waals surface area contributed by atoms with E-state index in [-0.39, 0.29) is 6.04 Å². The van der Waals surface area contributed by atoms with Crippen LogP contribution >= 0.6 is 0 Å². The van der Waals surface area contributed by atoms with E-state index in [1.54, 1.807) is 10.7 Å². The molecule has 0 radical (unpaired) electrons. The molecule has 0 spiro atoms. The predicted molar refractivity (Wildman–Crippen MR) is 154 cm³/mol. The molecule has 2 saturated heterocycles. The van der Waals surface area contributed by atoms with Gasteiger partial charge in [-0.2, -0.15) is 5.10 Å². The summed E-state index contributed by atoms with van der Waals surface area (Å²) in [7, 11) is 1.34. The van der Waals surface area contributed by atoms with Gasteiger partial charge in [0.05, 0.1) is 30.4 Å². The van der Waals surface area contributed by atoms with Crippen molar-refractivity contribution in [3.05, 3.63) is 101 Å². The van der Waals surface area contributed by atoms with Crippen LogP contribution in [0.5, 0.6) is 0 Å². The molecule has 42 heavy (non-hydrogen) atoms. The van der Waals surface area contributed by atoms with E-state index in [0.717, 1.165) is 30.8 Å². The number of amides is 1. The molecule has 8 nitrogen and oxygen atoms in total. The zero-order chi connectivity index (χ0) is 29.3. The number of nitrogens with one attached hydrogen (secondary N) is 1. The Labute approximate surface area is 242 Å². The highest BCUT2D eigenvalue weighted by molar-refractivity contribution is 6.03. The maximum atomic E-state index is 14.7. The van der Waals surface area contributed by atoms with Crippen molar-refractivity contribution in [3.8, 4) is 0 Å². The quantitative estimate of drug-likeness (QED) is 0.317. The summed E-state index contributed by atoms with van der Waals surface area (Å²) in [5.41, 5.74) is 2.00. The number of likely N-dealkylation sites (tertiary alicyclic amines) is 1. The lowest BCUT2D eigenvalue weighted by molar-refractivity contribution is -0.150. The van der Waals surface area contributed by atoms with Crippen LogP contribution in [0.1, 0.15) is 53.2 Å². The molecule has 4 heterocycles. The third kappa shape index (κ3) is 5.34. The van der Waals surface area contributed by atoms with Crippen LogP contribution in [0.3, 0.4) is 0 Å². The van der Waals surface area contributed by atoms with Crippen molar-refractivity contribution >= 4 is 23.1 Å². The molecule has 0 bridgehead atoms. The van der Waals surface area contributed by atoms with Crippen LogP contribution in [0.2, 0.25) is 0 Å². The number of aromatic nitrogens is 2. The Bertz CT molecular complexity index is 1600. The second kappa shape index (κ2) is 11.5. The lowest BCUT2D eigenvalue weighted by Gasteiger charge is -2.40. The van der Waals surface area contributed by atoms with E-state index in [1.165, 1.54) is 24.9 Å². The van der Waals surface area contributed by atoms with Gasteiger partial charge in [-0.15, -0.1) is 0 Å². The van der Waals surface area contributed by atoms with E-state index in [0.29, 0.717) is 55.5 Å². The van der Waals surface area contributed by atoms with Gasteiger partial charge in [-0.25, -0.2) is 18.1 Å². The number of halogens is 2. The third-order valence-corrected chi connectivity index (χ3v) is 8.54. The maximum absolute atomic E-state index is 14.7. The summed E-state index contributed by atoms with van der Waals surface area (Å²) in [5.74, 6) is -1.81. The van der Waals surface area contributed by atoms with Gasteiger partial charge in [-0.1, -0.05) is 30.3 Å². The standard InChI is InChI=1S/C32H33F2N5O3/c1-42-31(41)32(12-16-37(17-13-32)21-22-6-3-2-4-7-22)36-30(40)26-20-35-39-15-11-24(19-29(26)39)38-14-5-8-28(38)25-18-23(33)9-10-27(25)34/h2-4,6-7,9-11,15,18-20,28H,5,8,12-14,16-17,21H2,1H3,(H,36,40)/t28-/m1/s1. The second-order valence-electron chi connectivity index (χ2n) is 11.1. The van der Waals surface area contributed by atoms with Gasteiger partial charge in [0.1, 0.15) is 17.2 Å². The van der Waals surface area contributed by atoms with Gasteiger partial charge in [0.25, 0.3) is 5.91 Å². The first-order chi connectivity index (χ1) is 20.4. The highest BCUT2D eigenvalue weighted by Crippen LogP contribution is 2.38. The SMILES string of the molecule is COC(=O)C1(NC(=O)c2cnn3ccc(N4CCC[C@@H]4c4cc(F)ccc4F)cc23)CCN(Cc2ccccc2)CC1. The molecule has 10 heteroatoms. The summed E-state index contributed by atoms with van der Waals surface area (Å²) in [5, 5.41) is 7.35. The average Bonchev–Trinajstić information content (AvgIpc) is 3.67. The third-order valence-electron chi connectivity index (χ3n) is 8.54. The highest BCUT2D eigenvalue weighted by atomic mass is 19.1. The van der Waals surface area contributed by atoms with Gasteiger partial charge in [0.15, 0.2) is 0 Å². The highest BCUT2D eigenvalue weighted by Gasteiger charge is 2.44. The molecule has 2 aliphatic rings. The van der Waals surface area contributed by atoms with E-state index < -0.39 is 29.0 Å². The Morgan fingerprint density at radius 2 is 1.83 bits per heavy atom.